The normalized spacial score (nSPS) is 20.1. The number of unbranched alkanes of at least 4 members (excludes halogenated alkanes) is 4. The van der Waals surface area contributed by atoms with Crippen LogP contribution in [-0.2, 0) is 107 Å². The van der Waals surface area contributed by atoms with Crippen LogP contribution in [0, 0.1) is 0 Å². The number of aromatic nitrogens is 6. The molecule has 6 aromatic rings. The minimum Gasteiger partial charge on any atom is -0.491 e. The Balaban J connectivity index is 0.566. The minimum atomic E-state index is -4.69. The van der Waals surface area contributed by atoms with Gasteiger partial charge >= 0.3 is 18.3 Å². The van der Waals surface area contributed by atoms with Gasteiger partial charge < -0.3 is 134 Å². The summed E-state index contributed by atoms with van der Waals surface area (Å²) in [7, 11) is 0. The number of hydrogen-bond acceptors (Lipinski definition) is 32. The van der Waals surface area contributed by atoms with Crippen molar-refractivity contribution in [1.82, 2.24) is 56.1 Å². The van der Waals surface area contributed by atoms with Gasteiger partial charge in [0.2, 0.25) is 35.5 Å². The van der Waals surface area contributed by atoms with Gasteiger partial charge in [-0.25, -0.2) is 24.7 Å². The standard InChI is InChI=1S/C90H127F6N15O24/c1-88(2,62-45-60(59-15-16-71-66(47-59)67(97)52-133-71)44-61(46-62)70(112)49-110-27-19-58-10-9-12-65(80(58)110)85(121)122)57-102-76(113)13-6-3-5-11-63-48-111(109-108-63)26-8-4-7-14-79(116)103-64(50-129-28-20-77(114)98-24-30-123-32-34-125-36-38-127-40-42-131-55-72-83(119)81(117)68(53-134-72)104-86-100-22-17-74(106-86)89(91,92)93)51-130-29-21-78(115)99-25-31-124-33-35-126-37-39-128-41-43-132-56-73-84(120)82(118)69(54-135-73)105-87-101-23-18-75(107-87)90(94,95)96/h9-10,12,15-17,19,22-23,27,44-48,64,67-70,72-73,75,81-84,112,117-120H,3-8,11,13-14,18,20-21,24-26,28-43,49-57,97H2,1-2H3,(H,98,114)(H,99,115)(H,102,113)(H,103,116)(H,105,107)(H,121,122)(H,100,104,106)/t64?,67-,68+,69+,70-,72-,73-,75?,81-,82-,83+,84+/m1/s1. The highest BCUT2D eigenvalue weighted by molar-refractivity contribution is 6.02. The Kier molecular flexibility index (Phi) is 44.3. The second-order valence-corrected chi connectivity index (χ2v) is 33.5. The molecule has 0 radical (unpaired) electrons. The third kappa shape index (κ3) is 36.3. The number of rotatable bonds is 62. The number of aliphatic imine (C=N–C) groups is 2. The molecule has 39 nitrogen and oxygen atoms in total. The number of carbonyl (C=O) groups excluding carboxylic acids is 4. The van der Waals surface area contributed by atoms with E-state index in [0.717, 1.165) is 70.8 Å². The van der Waals surface area contributed by atoms with Crippen molar-refractivity contribution >= 4 is 58.6 Å². The van der Waals surface area contributed by atoms with Crippen LogP contribution < -0.4 is 42.4 Å². The molecule has 0 bridgehead atoms. The first kappa shape index (κ1) is 107. The first-order valence-electron chi connectivity index (χ1n) is 45.4. The van der Waals surface area contributed by atoms with Crippen molar-refractivity contribution in [2.75, 3.05) is 177 Å². The number of anilines is 1. The SMILES string of the molecule is CC(C)(CNC(=O)CCCCCc1cn(CCCCCC(=O)NC(COCCC(=O)NCCOCCOCCOCCOC[C@H]2OC[C@H](NC3=NC(C(F)(F)F)CC=N3)[C@@H](O)[C@H]2O)COCCC(=O)NCCOCCOCCOCCOC[C@H]2OC[C@H](Nc3nccc(C(F)(F)F)n3)[C@@H](O)[C@H]2O)nn1)c1cc(-c2ccc3c(c2)[C@H](N)CO3)cc([C@H](O)Cn2ccc3cccc(C(=O)O)c32)c1. The van der Waals surface area contributed by atoms with Gasteiger partial charge in [0.1, 0.15) is 54.7 Å². The number of alkyl halides is 6. The van der Waals surface area contributed by atoms with Gasteiger partial charge in [0, 0.05) is 99.5 Å². The second kappa shape index (κ2) is 55.7. The number of carbonyl (C=O) groups is 5. The zero-order valence-electron chi connectivity index (χ0n) is 75.8. The number of nitrogens with zero attached hydrogens (tertiary/aromatic N) is 8. The molecule has 0 saturated carbocycles. The molecule has 14 N–H and O–H groups in total. The lowest BCUT2D eigenvalue weighted by atomic mass is 9.81. The van der Waals surface area contributed by atoms with E-state index in [1.54, 1.807) is 27.6 Å². The van der Waals surface area contributed by atoms with Gasteiger partial charge in [-0.2, -0.15) is 26.3 Å². The van der Waals surface area contributed by atoms with Crippen molar-refractivity contribution < 1.29 is 143 Å². The van der Waals surface area contributed by atoms with Gasteiger partial charge in [0.25, 0.3) is 0 Å². The molecule has 12 atom stereocenters. The maximum absolute atomic E-state index is 13.4. The Labute approximate surface area is 777 Å². The average Bonchev–Trinajstić information content (AvgIpc) is 1.77. The van der Waals surface area contributed by atoms with Crippen molar-refractivity contribution in [3.63, 3.8) is 0 Å². The number of benzene rings is 3. The minimum absolute atomic E-state index is 0.00950. The number of nitrogens with two attached hydrogens (primary N) is 1. The number of aromatic carboxylic acids is 1. The van der Waals surface area contributed by atoms with Crippen molar-refractivity contribution in [3.8, 4) is 16.9 Å². The molecule has 7 heterocycles. The third-order valence-corrected chi connectivity index (χ3v) is 22.5. The maximum atomic E-state index is 13.4. The highest BCUT2D eigenvalue weighted by Crippen LogP contribution is 2.39. The van der Waals surface area contributed by atoms with Crippen LogP contribution in [0.5, 0.6) is 5.75 Å². The van der Waals surface area contributed by atoms with Crippen molar-refractivity contribution in [1.29, 1.82) is 0 Å². The van der Waals surface area contributed by atoms with E-state index in [-0.39, 0.29) is 231 Å². The molecule has 3 aromatic heterocycles. The largest absolute Gasteiger partial charge is 0.491 e. The summed E-state index contributed by atoms with van der Waals surface area (Å²) < 4.78 is 155. The lowest BCUT2D eigenvalue weighted by Crippen LogP contribution is -2.60. The number of hydrogen-bond donors (Lipinski definition) is 13. The fraction of sp³-hybridized carbons (Fsp3) is 0.633. The van der Waals surface area contributed by atoms with Crippen LogP contribution in [0.4, 0.5) is 32.3 Å². The summed E-state index contributed by atoms with van der Waals surface area (Å²) >= 11 is 0. The van der Waals surface area contributed by atoms with Gasteiger partial charge in [-0.1, -0.05) is 62.2 Å². The van der Waals surface area contributed by atoms with Crippen LogP contribution in [0.1, 0.15) is 135 Å². The molecule has 4 amide bonds. The fourth-order valence-corrected chi connectivity index (χ4v) is 14.9. The molecule has 2 fully saturated rings. The van der Waals surface area contributed by atoms with Crippen LogP contribution in [0.25, 0.3) is 22.0 Å². The Morgan fingerprint density at radius 3 is 1.80 bits per heavy atom. The van der Waals surface area contributed by atoms with E-state index < -0.39 is 103 Å². The summed E-state index contributed by atoms with van der Waals surface area (Å²) in [5.41, 5.74) is 10.2. The van der Waals surface area contributed by atoms with Gasteiger partial charge in [-0.05, 0) is 90.8 Å². The number of halogens is 6. The molecule has 0 aliphatic carbocycles. The number of amides is 4. The van der Waals surface area contributed by atoms with E-state index in [2.05, 4.69) is 68.2 Å². The second-order valence-electron chi connectivity index (χ2n) is 33.5. The molecule has 4 aliphatic heterocycles. The number of guanidine groups is 1. The van der Waals surface area contributed by atoms with Crippen LogP contribution in [-0.4, -0.2) is 341 Å². The Morgan fingerprint density at radius 2 is 1.19 bits per heavy atom. The highest BCUT2D eigenvalue weighted by atomic mass is 19.4. The number of para-hydroxylation sites is 1. The maximum Gasteiger partial charge on any atom is 0.433 e. The fourth-order valence-electron chi connectivity index (χ4n) is 14.9. The van der Waals surface area contributed by atoms with Crippen LogP contribution in [0.3, 0.4) is 0 Å². The topological polar surface area (TPSA) is 511 Å². The number of aliphatic hydroxyl groups is 5. The van der Waals surface area contributed by atoms with Gasteiger partial charge in [-0.15, -0.1) is 5.10 Å². The van der Waals surface area contributed by atoms with Crippen LogP contribution in [0.15, 0.2) is 95.3 Å². The first-order valence-corrected chi connectivity index (χ1v) is 45.4. The van der Waals surface area contributed by atoms with Gasteiger partial charge in [0.15, 0.2) is 6.04 Å². The molecule has 135 heavy (non-hydrogen) atoms. The highest BCUT2D eigenvalue weighted by Gasteiger charge is 2.44. The predicted octanol–water partition coefficient (Wildman–Crippen LogP) is 4.39. The molecule has 45 heteroatoms. The molecule has 2 unspecified atom stereocenters. The van der Waals surface area contributed by atoms with E-state index in [4.69, 9.17) is 67.3 Å². The molecule has 0 spiro atoms. The van der Waals surface area contributed by atoms with E-state index in [1.165, 1.54) is 0 Å². The molecule has 4 aliphatic rings. The van der Waals surface area contributed by atoms with E-state index in [9.17, 15) is 81.0 Å². The van der Waals surface area contributed by atoms with Crippen molar-refractivity contribution in [3.05, 3.63) is 119 Å². The number of fused-ring (bicyclic) bond motifs is 2. The zero-order chi connectivity index (χ0) is 96.5. The van der Waals surface area contributed by atoms with E-state index in [0.29, 0.717) is 68.9 Å². The third-order valence-electron chi connectivity index (χ3n) is 22.5. The number of nitrogens with one attached hydrogen (secondary N) is 6. The molecule has 2 saturated heterocycles. The lowest BCUT2D eigenvalue weighted by Gasteiger charge is -2.38. The molecular formula is C90H127F6N15O24. The van der Waals surface area contributed by atoms with E-state index in [1.807, 2.05) is 62.5 Å². The molecule has 748 valence electrons. The summed E-state index contributed by atoms with van der Waals surface area (Å²) in [5, 5.41) is 90.5. The summed E-state index contributed by atoms with van der Waals surface area (Å²) in [5.74, 6) is -1.94. The molecular weight excluding hydrogens is 1790 g/mol. The molecule has 3 aromatic carbocycles. The first-order chi connectivity index (χ1) is 65.0. The Bertz CT molecular complexity index is 4690. The number of carboxylic acids is 1. The lowest BCUT2D eigenvalue weighted by molar-refractivity contribution is -0.167. The van der Waals surface area contributed by atoms with Gasteiger partial charge in [-0.3, -0.25) is 23.9 Å². The molecule has 10 rings (SSSR count). The number of carboxylic acid groups (broad SMARTS) is 1. The smallest absolute Gasteiger partial charge is 0.433 e. The Morgan fingerprint density at radius 1 is 0.607 bits per heavy atom. The monoisotopic (exact) mass is 1920 g/mol. The van der Waals surface area contributed by atoms with Crippen LogP contribution >= 0.6 is 0 Å². The van der Waals surface area contributed by atoms with Crippen molar-refractivity contribution in [2.24, 2.45) is 15.7 Å². The average molecular weight is 1920 g/mol. The zero-order valence-corrected chi connectivity index (χ0v) is 75.8. The van der Waals surface area contributed by atoms with Gasteiger partial charge in [0.05, 0.1) is 199 Å². The quantitative estimate of drug-likeness (QED) is 0.0186. The summed E-state index contributed by atoms with van der Waals surface area (Å²) in [4.78, 5) is 79.0. The summed E-state index contributed by atoms with van der Waals surface area (Å²) in [6.07, 6.45) is -6.92. The summed E-state index contributed by atoms with van der Waals surface area (Å²) in [6, 6.07) is 14.6. The number of ether oxygens (including phenoxy) is 13. The van der Waals surface area contributed by atoms with E-state index >= 15 is 0 Å². The number of aliphatic hydroxyl groups excluding tert-OH is 5. The summed E-state index contributed by atoms with van der Waals surface area (Å²) in [6.45, 7) is 8.52. The Hall–Kier alpha value is -9.63. The van der Waals surface area contributed by atoms with Crippen LogP contribution in [0.2, 0.25) is 0 Å². The predicted molar refractivity (Wildman–Crippen MR) is 475 cm³/mol. The van der Waals surface area contributed by atoms with Crippen molar-refractivity contribution in [2.45, 2.75) is 195 Å². The number of aryl methyl sites for hydroxylation is 2.